The highest BCUT2D eigenvalue weighted by Crippen LogP contribution is 2.27. The van der Waals surface area contributed by atoms with Crippen molar-refractivity contribution in [1.29, 1.82) is 0 Å². The van der Waals surface area contributed by atoms with Gasteiger partial charge in [0.25, 0.3) is 0 Å². The van der Waals surface area contributed by atoms with E-state index >= 15 is 0 Å². The normalized spacial score (nSPS) is 14.7. The first-order valence-corrected chi connectivity index (χ1v) is 12.6. The highest BCUT2D eigenvalue weighted by molar-refractivity contribution is 6.09. The Hall–Kier alpha value is -4.40. The van der Waals surface area contributed by atoms with Gasteiger partial charge in [-0.2, -0.15) is 0 Å². The van der Waals surface area contributed by atoms with Crippen LogP contribution in [0.2, 0.25) is 0 Å². The second kappa shape index (κ2) is 12.7. The average Bonchev–Trinajstić information content (AvgIpc) is 3.45. The Morgan fingerprint density at radius 3 is 2.55 bits per heavy atom. The van der Waals surface area contributed by atoms with Crippen LogP contribution in [-0.4, -0.2) is 45.7 Å². The van der Waals surface area contributed by atoms with Crippen molar-refractivity contribution in [3.8, 4) is 11.5 Å². The van der Waals surface area contributed by atoms with E-state index in [0.29, 0.717) is 17.1 Å². The van der Waals surface area contributed by atoms with Gasteiger partial charge in [-0.1, -0.05) is 19.3 Å². The van der Waals surface area contributed by atoms with E-state index < -0.39 is 17.7 Å². The Labute approximate surface area is 221 Å². The molecule has 3 aromatic rings. The van der Waals surface area contributed by atoms with E-state index in [1.54, 1.807) is 42.7 Å². The number of nitrogens with zero attached hydrogens (tertiary/aromatic N) is 2. The number of methoxy groups -OCH3 is 1. The van der Waals surface area contributed by atoms with Crippen molar-refractivity contribution in [2.24, 2.45) is 0 Å². The highest BCUT2D eigenvalue weighted by Gasteiger charge is 2.33. The molecule has 1 atom stereocenters. The van der Waals surface area contributed by atoms with E-state index in [1.165, 1.54) is 30.4 Å². The Morgan fingerprint density at radius 2 is 1.89 bits per heavy atom. The molecule has 0 bridgehead atoms. The molecule has 1 aliphatic carbocycles. The SMILES string of the molecule is COc1ccc(C(=O)/C=C/C(=O)N(Cc2ccco2)C(C(=O)NC2CCCCC2)c2ccncc2)c(O)c1. The molecule has 0 radical (unpaired) electrons. The molecule has 2 heterocycles. The van der Waals surface area contributed by atoms with E-state index in [1.807, 2.05) is 0 Å². The van der Waals surface area contributed by atoms with Gasteiger partial charge in [0.15, 0.2) is 5.78 Å². The number of carbonyl (C=O) groups is 3. The molecule has 1 saturated carbocycles. The van der Waals surface area contributed by atoms with Crippen molar-refractivity contribution >= 4 is 17.6 Å². The number of furan rings is 1. The molecule has 0 saturated heterocycles. The van der Waals surface area contributed by atoms with Crippen LogP contribution < -0.4 is 10.1 Å². The first kappa shape index (κ1) is 26.7. The van der Waals surface area contributed by atoms with Crippen LogP contribution in [0.5, 0.6) is 11.5 Å². The molecule has 2 amide bonds. The van der Waals surface area contributed by atoms with Crippen LogP contribution in [0, 0.1) is 0 Å². The van der Waals surface area contributed by atoms with Crippen LogP contribution in [0.3, 0.4) is 0 Å². The number of ether oxygens (including phenoxy) is 1. The number of phenols is 1. The van der Waals surface area contributed by atoms with Crippen molar-refractivity contribution in [2.75, 3.05) is 7.11 Å². The predicted molar refractivity (Wildman–Crippen MR) is 139 cm³/mol. The first-order valence-electron chi connectivity index (χ1n) is 12.6. The number of ketones is 1. The third-order valence-corrected chi connectivity index (χ3v) is 6.57. The minimum Gasteiger partial charge on any atom is -0.507 e. The zero-order valence-electron chi connectivity index (χ0n) is 21.2. The second-order valence-corrected chi connectivity index (χ2v) is 9.15. The molecule has 38 heavy (non-hydrogen) atoms. The van der Waals surface area contributed by atoms with Crippen LogP contribution in [0.1, 0.15) is 59.8 Å². The number of hydrogen-bond donors (Lipinski definition) is 2. The van der Waals surface area contributed by atoms with Crippen LogP contribution in [0.4, 0.5) is 0 Å². The molecule has 1 fully saturated rings. The Morgan fingerprint density at radius 1 is 1.13 bits per heavy atom. The predicted octanol–water partition coefficient (Wildman–Crippen LogP) is 4.35. The van der Waals surface area contributed by atoms with E-state index in [9.17, 15) is 19.5 Å². The molecule has 1 aromatic carbocycles. The summed E-state index contributed by atoms with van der Waals surface area (Å²) in [7, 11) is 1.45. The van der Waals surface area contributed by atoms with Crippen LogP contribution >= 0.6 is 0 Å². The van der Waals surface area contributed by atoms with E-state index in [-0.39, 0.29) is 29.8 Å². The molecule has 0 spiro atoms. The van der Waals surface area contributed by atoms with Crippen molar-refractivity contribution in [3.05, 3.63) is 90.2 Å². The molecular weight excluding hydrogens is 486 g/mol. The molecule has 9 heteroatoms. The van der Waals surface area contributed by atoms with Gasteiger partial charge in [-0.15, -0.1) is 0 Å². The van der Waals surface area contributed by atoms with Crippen molar-refractivity contribution in [3.63, 3.8) is 0 Å². The standard InChI is InChI=1S/C29H31N3O6/c1-37-22-9-10-24(26(34)18-22)25(33)11-12-27(35)32(19-23-8-5-17-38-23)28(20-13-15-30-16-14-20)29(36)31-21-6-3-2-4-7-21/h5,8-18,21,28,34H,2-4,6-7,19H2,1H3,(H,31,36)/b12-11+. The molecule has 9 nitrogen and oxygen atoms in total. The lowest BCUT2D eigenvalue weighted by Crippen LogP contribution is -2.46. The van der Waals surface area contributed by atoms with Gasteiger partial charge in [-0.05, 0) is 60.9 Å². The lowest BCUT2D eigenvalue weighted by atomic mass is 9.94. The molecule has 2 aromatic heterocycles. The van der Waals surface area contributed by atoms with E-state index in [0.717, 1.165) is 44.3 Å². The van der Waals surface area contributed by atoms with Gasteiger partial charge in [0, 0.05) is 30.6 Å². The van der Waals surface area contributed by atoms with Crippen molar-refractivity contribution in [1.82, 2.24) is 15.2 Å². The number of benzene rings is 1. The maximum atomic E-state index is 13.7. The summed E-state index contributed by atoms with van der Waals surface area (Å²) in [5.74, 6) is -0.828. The third kappa shape index (κ3) is 6.67. The molecule has 198 valence electrons. The number of nitrogens with one attached hydrogen (secondary N) is 1. The number of carbonyl (C=O) groups excluding carboxylic acids is 3. The summed E-state index contributed by atoms with van der Waals surface area (Å²) in [5, 5.41) is 13.3. The molecular formula is C29H31N3O6. The second-order valence-electron chi connectivity index (χ2n) is 9.15. The van der Waals surface area contributed by atoms with Crippen molar-refractivity contribution < 1.29 is 28.6 Å². The minimum atomic E-state index is -0.980. The maximum Gasteiger partial charge on any atom is 0.248 e. The van der Waals surface area contributed by atoms with Crippen molar-refractivity contribution in [2.45, 2.75) is 50.7 Å². The van der Waals surface area contributed by atoms with Crippen LogP contribution in [-0.2, 0) is 16.1 Å². The Kier molecular flexibility index (Phi) is 8.92. The third-order valence-electron chi connectivity index (χ3n) is 6.57. The quantitative estimate of drug-likeness (QED) is 0.303. The number of pyridine rings is 1. The zero-order chi connectivity index (χ0) is 26.9. The largest absolute Gasteiger partial charge is 0.507 e. The number of hydrogen-bond acceptors (Lipinski definition) is 7. The number of aromatic hydroxyl groups is 1. The molecule has 1 unspecified atom stereocenters. The molecule has 1 aliphatic rings. The fourth-order valence-corrected chi connectivity index (χ4v) is 4.59. The van der Waals surface area contributed by atoms with E-state index in [4.69, 9.17) is 9.15 Å². The van der Waals surface area contributed by atoms with Gasteiger partial charge in [0.05, 0.1) is 25.5 Å². The summed E-state index contributed by atoms with van der Waals surface area (Å²) in [6, 6.07) is 10.1. The minimum absolute atomic E-state index is 0.00320. The van der Waals surface area contributed by atoms with Gasteiger partial charge in [-0.3, -0.25) is 19.4 Å². The highest BCUT2D eigenvalue weighted by atomic mass is 16.5. The summed E-state index contributed by atoms with van der Waals surface area (Å²) < 4.78 is 10.5. The van der Waals surface area contributed by atoms with Gasteiger partial charge >= 0.3 is 0 Å². The Bertz CT molecular complexity index is 1270. The van der Waals surface area contributed by atoms with Gasteiger partial charge < -0.3 is 24.5 Å². The summed E-state index contributed by atoms with van der Waals surface area (Å²) in [6.07, 6.45) is 11.8. The fraction of sp³-hybridized carbons (Fsp3) is 0.310. The van der Waals surface area contributed by atoms with Crippen LogP contribution in [0.25, 0.3) is 0 Å². The topological polar surface area (TPSA) is 122 Å². The summed E-state index contributed by atoms with van der Waals surface area (Å²) >= 11 is 0. The van der Waals surface area contributed by atoms with Crippen LogP contribution in [0.15, 0.2) is 77.7 Å². The fourth-order valence-electron chi connectivity index (χ4n) is 4.59. The molecule has 0 aliphatic heterocycles. The lowest BCUT2D eigenvalue weighted by Gasteiger charge is -2.32. The maximum absolute atomic E-state index is 13.7. The average molecular weight is 518 g/mol. The number of allylic oxidation sites excluding steroid dienone is 1. The molecule has 2 N–H and O–H groups in total. The van der Waals surface area contributed by atoms with Gasteiger partial charge in [0.2, 0.25) is 11.8 Å². The summed E-state index contributed by atoms with van der Waals surface area (Å²) in [5.41, 5.74) is 0.605. The number of phenolic OH excluding ortho intramolecular Hbond substituents is 1. The smallest absolute Gasteiger partial charge is 0.248 e. The number of rotatable bonds is 10. The zero-order valence-corrected chi connectivity index (χ0v) is 21.2. The molecule has 4 rings (SSSR count). The summed E-state index contributed by atoms with van der Waals surface area (Å²) in [4.78, 5) is 45.4. The van der Waals surface area contributed by atoms with E-state index in [2.05, 4.69) is 10.3 Å². The summed E-state index contributed by atoms with van der Waals surface area (Å²) in [6.45, 7) is 0.00320. The Balaban J connectivity index is 1.63. The number of aromatic nitrogens is 1. The van der Waals surface area contributed by atoms with Gasteiger partial charge in [0.1, 0.15) is 23.3 Å². The van der Waals surface area contributed by atoms with Gasteiger partial charge in [-0.25, -0.2) is 0 Å². The first-order chi connectivity index (χ1) is 18.5. The number of amides is 2. The lowest BCUT2D eigenvalue weighted by molar-refractivity contribution is -0.138. The monoisotopic (exact) mass is 517 g/mol.